The molecule has 0 heterocycles. The summed E-state index contributed by atoms with van der Waals surface area (Å²) >= 11 is 1.25. The Kier molecular flexibility index (Phi) is 4.85. The second-order valence-electron chi connectivity index (χ2n) is 6.45. The smallest absolute Gasteiger partial charge is 0.284 e. The van der Waals surface area contributed by atoms with Gasteiger partial charge in [-0.05, 0) is 49.6 Å². The summed E-state index contributed by atoms with van der Waals surface area (Å²) in [5.74, 6) is 0. The number of benzene rings is 1. The van der Waals surface area contributed by atoms with E-state index in [9.17, 15) is 4.79 Å². The third-order valence-corrected chi connectivity index (χ3v) is 3.16. The van der Waals surface area contributed by atoms with Crippen LogP contribution in [0.5, 0.6) is 0 Å². The molecular formula is C15H23NOS. The zero-order valence-corrected chi connectivity index (χ0v) is 12.7. The van der Waals surface area contributed by atoms with E-state index in [2.05, 4.69) is 39.9 Å². The molecule has 0 aliphatic heterocycles. The monoisotopic (exact) mass is 265 g/mol. The molecule has 0 spiro atoms. The summed E-state index contributed by atoms with van der Waals surface area (Å²) in [5.41, 5.74) is 0.0192. The largest absolute Gasteiger partial charge is 0.342 e. The summed E-state index contributed by atoms with van der Waals surface area (Å²) in [5, 5.41) is 3.09. The number of amides is 1. The summed E-state index contributed by atoms with van der Waals surface area (Å²) in [6.45, 7) is 10.7. The lowest BCUT2D eigenvalue weighted by atomic mass is 9.82. The standard InChI is InChI=1S/C15H23NOS/c1-14(2,3)11-15(4,5)16-13(17)18-12-9-7-6-8-10-12/h6-10H,11H2,1-5H3,(H,16,17). The van der Waals surface area contributed by atoms with Crippen molar-refractivity contribution < 1.29 is 4.79 Å². The molecule has 0 saturated heterocycles. The first-order valence-corrected chi connectivity index (χ1v) is 7.05. The maximum atomic E-state index is 12.0. The van der Waals surface area contributed by atoms with E-state index in [-0.39, 0.29) is 16.2 Å². The molecule has 0 saturated carbocycles. The van der Waals surface area contributed by atoms with Gasteiger partial charge >= 0.3 is 0 Å². The lowest BCUT2D eigenvalue weighted by molar-refractivity contribution is 0.227. The van der Waals surface area contributed by atoms with Crippen molar-refractivity contribution >= 4 is 17.0 Å². The Balaban J connectivity index is 2.54. The van der Waals surface area contributed by atoms with E-state index in [1.807, 2.05) is 30.3 Å². The quantitative estimate of drug-likeness (QED) is 0.802. The van der Waals surface area contributed by atoms with Crippen molar-refractivity contribution in [3.8, 4) is 0 Å². The predicted octanol–water partition coefficient (Wildman–Crippen LogP) is 4.70. The van der Waals surface area contributed by atoms with Gasteiger partial charge in [0, 0.05) is 10.4 Å². The van der Waals surface area contributed by atoms with Crippen molar-refractivity contribution in [1.29, 1.82) is 0 Å². The molecule has 0 bridgehead atoms. The van der Waals surface area contributed by atoms with Crippen molar-refractivity contribution in [2.24, 2.45) is 5.41 Å². The number of carbonyl (C=O) groups is 1. The van der Waals surface area contributed by atoms with E-state index >= 15 is 0 Å². The van der Waals surface area contributed by atoms with Gasteiger partial charge in [-0.3, -0.25) is 4.79 Å². The van der Waals surface area contributed by atoms with Crippen molar-refractivity contribution in [1.82, 2.24) is 5.32 Å². The number of nitrogens with one attached hydrogen (secondary N) is 1. The first-order valence-electron chi connectivity index (χ1n) is 6.23. The molecule has 0 aliphatic rings. The van der Waals surface area contributed by atoms with Crippen LogP contribution in [0.4, 0.5) is 4.79 Å². The van der Waals surface area contributed by atoms with E-state index in [1.165, 1.54) is 11.8 Å². The molecule has 1 aromatic rings. The van der Waals surface area contributed by atoms with Crippen LogP contribution in [0.2, 0.25) is 0 Å². The van der Waals surface area contributed by atoms with Gasteiger partial charge in [0.1, 0.15) is 0 Å². The second-order valence-corrected chi connectivity index (χ2v) is 7.50. The van der Waals surface area contributed by atoms with E-state index in [1.54, 1.807) is 0 Å². The van der Waals surface area contributed by atoms with Gasteiger partial charge in [0.2, 0.25) is 0 Å². The molecule has 3 heteroatoms. The van der Waals surface area contributed by atoms with E-state index < -0.39 is 0 Å². The van der Waals surface area contributed by atoms with E-state index in [0.717, 1.165) is 11.3 Å². The highest BCUT2D eigenvalue weighted by Crippen LogP contribution is 2.28. The number of rotatable bonds is 3. The highest BCUT2D eigenvalue weighted by atomic mass is 32.2. The zero-order valence-electron chi connectivity index (χ0n) is 11.9. The number of hydrogen-bond donors (Lipinski definition) is 1. The fourth-order valence-electron chi connectivity index (χ4n) is 2.27. The van der Waals surface area contributed by atoms with E-state index in [0.29, 0.717) is 0 Å². The van der Waals surface area contributed by atoms with Crippen LogP contribution in [-0.2, 0) is 0 Å². The summed E-state index contributed by atoms with van der Waals surface area (Å²) < 4.78 is 0. The van der Waals surface area contributed by atoms with Gasteiger partial charge in [-0.1, -0.05) is 39.0 Å². The first-order chi connectivity index (χ1) is 8.18. The molecule has 0 unspecified atom stereocenters. The van der Waals surface area contributed by atoms with Crippen LogP contribution in [0.25, 0.3) is 0 Å². The molecule has 0 fully saturated rings. The molecular weight excluding hydrogens is 242 g/mol. The van der Waals surface area contributed by atoms with Gasteiger partial charge in [0.15, 0.2) is 0 Å². The Morgan fingerprint density at radius 3 is 2.17 bits per heavy atom. The fraction of sp³-hybridized carbons (Fsp3) is 0.533. The average molecular weight is 265 g/mol. The maximum absolute atomic E-state index is 12.0. The lowest BCUT2D eigenvalue weighted by Gasteiger charge is -2.33. The SMILES string of the molecule is CC(C)(C)CC(C)(C)NC(=O)Sc1ccccc1. The normalized spacial score (nSPS) is 12.3. The topological polar surface area (TPSA) is 29.1 Å². The van der Waals surface area contributed by atoms with Crippen LogP contribution >= 0.6 is 11.8 Å². The van der Waals surface area contributed by atoms with Crippen LogP contribution in [-0.4, -0.2) is 10.8 Å². The Bertz CT molecular complexity index is 393. The Labute approximate surface area is 115 Å². The molecule has 0 aliphatic carbocycles. The predicted molar refractivity (Wildman–Crippen MR) is 79.0 cm³/mol. The van der Waals surface area contributed by atoms with Crippen LogP contribution in [0, 0.1) is 5.41 Å². The molecule has 2 nitrogen and oxygen atoms in total. The van der Waals surface area contributed by atoms with Gasteiger partial charge in [-0.25, -0.2) is 0 Å². The zero-order chi connectivity index (χ0) is 13.8. The Morgan fingerprint density at radius 1 is 1.11 bits per heavy atom. The first kappa shape index (κ1) is 15.1. The minimum absolute atomic E-state index is 0.00968. The van der Waals surface area contributed by atoms with Gasteiger partial charge < -0.3 is 5.32 Å². The van der Waals surface area contributed by atoms with Crippen molar-refractivity contribution in [2.75, 3.05) is 0 Å². The summed E-state index contributed by atoms with van der Waals surface area (Å²) in [6, 6.07) is 9.72. The molecule has 1 amide bonds. The Hall–Kier alpha value is -0.960. The van der Waals surface area contributed by atoms with Crippen LogP contribution in [0.1, 0.15) is 41.0 Å². The van der Waals surface area contributed by atoms with E-state index in [4.69, 9.17) is 0 Å². The number of thioether (sulfide) groups is 1. The second kappa shape index (κ2) is 5.79. The summed E-state index contributed by atoms with van der Waals surface area (Å²) in [7, 11) is 0. The average Bonchev–Trinajstić information content (AvgIpc) is 2.13. The minimum Gasteiger partial charge on any atom is -0.342 e. The molecule has 0 aromatic heterocycles. The summed E-state index contributed by atoms with van der Waals surface area (Å²) in [6.07, 6.45) is 0.946. The molecule has 1 N–H and O–H groups in total. The third-order valence-electron chi connectivity index (χ3n) is 2.37. The van der Waals surface area contributed by atoms with Gasteiger partial charge in [-0.15, -0.1) is 0 Å². The highest BCUT2D eigenvalue weighted by Gasteiger charge is 2.27. The molecule has 1 aromatic carbocycles. The molecule has 0 radical (unpaired) electrons. The maximum Gasteiger partial charge on any atom is 0.284 e. The molecule has 1 rings (SSSR count). The van der Waals surface area contributed by atoms with Gasteiger partial charge in [0.25, 0.3) is 5.24 Å². The van der Waals surface area contributed by atoms with Crippen LogP contribution < -0.4 is 5.32 Å². The Morgan fingerprint density at radius 2 is 1.67 bits per heavy atom. The van der Waals surface area contributed by atoms with Crippen molar-refractivity contribution in [2.45, 2.75) is 51.5 Å². The summed E-state index contributed by atoms with van der Waals surface area (Å²) in [4.78, 5) is 12.9. The number of carbonyl (C=O) groups excluding carboxylic acids is 1. The minimum atomic E-state index is -0.183. The number of hydrogen-bond acceptors (Lipinski definition) is 2. The molecule has 18 heavy (non-hydrogen) atoms. The van der Waals surface area contributed by atoms with Crippen LogP contribution in [0.3, 0.4) is 0 Å². The van der Waals surface area contributed by atoms with Crippen molar-refractivity contribution in [3.63, 3.8) is 0 Å². The lowest BCUT2D eigenvalue weighted by Crippen LogP contribution is -2.44. The molecule has 100 valence electrons. The third kappa shape index (κ3) is 6.10. The van der Waals surface area contributed by atoms with Gasteiger partial charge in [-0.2, -0.15) is 0 Å². The fourth-order valence-corrected chi connectivity index (χ4v) is 3.10. The molecule has 0 atom stereocenters. The highest BCUT2D eigenvalue weighted by molar-refractivity contribution is 8.13. The van der Waals surface area contributed by atoms with Crippen LogP contribution in [0.15, 0.2) is 35.2 Å². The van der Waals surface area contributed by atoms with Gasteiger partial charge in [0.05, 0.1) is 0 Å². The van der Waals surface area contributed by atoms with Crippen molar-refractivity contribution in [3.05, 3.63) is 30.3 Å².